The molecule has 0 bridgehead atoms. The summed E-state index contributed by atoms with van der Waals surface area (Å²) < 4.78 is 10.8. The van der Waals surface area contributed by atoms with E-state index in [-0.39, 0.29) is 17.1 Å². The lowest BCUT2D eigenvalue weighted by atomic mass is 9.95. The molecular weight excluding hydrogens is 434 g/mol. The number of methoxy groups -OCH3 is 1. The molecule has 1 saturated heterocycles. The number of aliphatic hydroxyl groups excluding tert-OH is 1. The van der Waals surface area contributed by atoms with Gasteiger partial charge in [-0.1, -0.05) is 19.1 Å². The van der Waals surface area contributed by atoms with Crippen LogP contribution in [-0.4, -0.2) is 35.6 Å². The predicted octanol–water partition coefficient (Wildman–Crippen LogP) is 4.82. The molecule has 1 heterocycles. The van der Waals surface area contributed by atoms with Gasteiger partial charge in [-0.3, -0.25) is 14.5 Å². The Kier molecular flexibility index (Phi) is 6.54. The second-order valence-corrected chi connectivity index (χ2v) is 7.83. The zero-order valence-electron chi connectivity index (χ0n) is 18.9. The van der Waals surface area contributed by atoms with Crippen molar-refractivity contribution < 1.29 is 29.3 Å². The van der Waals surface area contributed by atoms with Gasteiger partial charge in [-0.15, -0.1) is 0 Å². The van der Waals surface area contributed by atoms with Gasteiger partial charge in [0, 0.05) is 11.3 Å². The number of rotatable bonds is 7. The Hall–Kier alpha value is -4.26. The molecule has 34 heavy (non-hydrogen) atoms. The van der Waals surface area contributed by atoms with Crippen molar-refractivity contribution in [3.05, 3.63) is 89.5 Å². The molecule has 7 heteroatoms. The van der Waals surface area contributed by atoms with E-state index in [1.807, 2.05) is 6.92 Å². The fourth-order valence-corrected chi connectivity index (χ4v) is 3.90. The van der Waals surface area contributed by atoms with E-state index in [1.54, 1.807) is 60.7 Å². The van der Waals surface area contributed by atoms with Gasteiger partial charge in [-0.25, -0.2) is 0 Å². The van der Waals surface area contributed by atoms with Crippen LogP contribution in [0, 0.1) is 0 Å². The average molecular weight is 459 g/mol. The number of aliphatic hydroxyl groups is 1. The molecule has 0 radical (unpaired) electrons. The predicted molar refractivity (Wildman–Crippen MR) is 128 cm³/mol. The first-order valence-electron chi connectivity index (χ1n) is 10.9. The van der Waals surface area contributed by atoms with Gasteiger partial charge in [0.1, 0.15) is 23.0 Å². The molecule has 0 spiro atoms. The molecule has 0 aromatic heterocycles. The number of aromatic hydroxyl groups is 1. The topological polar surface area (TPSA) is 96.3 Å². The Bertz CT molecular complexity index is 1210. The van der Waals surface area contributed by atoms with Gasteiger partial charge in [0.25, 0.3) is 11.7 Å². The van der Waals surface area contributed by atoms with Crippen molar-refractivity contribution >= 4 is 23.1 Å². The lowest BCUT2D eigenvalue weighted by Gasteiger charge is -2.25. The normalized spacial score (nSPS) is 17.1. The van der Waals surface area contributed by atoms with E-state index in [2.05, 4.69) is 0 Å². The third-order valence-corrected chi connectivity index (χ3v) is 5.60. The molecule has 0 saturated carbocycles. The van der Waals surface area contributed by atoms with E-state index in [9.17, 15) is 19.8 Å². The summed E-state index contributed by atoms with van der Waals surface area (Å²) in [6.45, 7) is 2.57. The van der Waals surface area contributed by atoms with Crippen LogP contribution in [0.3, 0.4) is 0 Å². The standard InChI is InChI=1S/C27H25NO6/c1-3-16-34-22-12-6-18(7-13-22)25(30)23-24(17-4-10-20(29)11-5-17)28(27(32)26(23)31)19-8-14-21(33-2)15-9-19/h4-15,24,29-30H,3,16H2,1-2H3/b25-23+. The van der Waals surface area contributed by atoms with Crippen molar-refractivity contribution in [2.75, 3.05) is 18.6 Å². The number of carbonyl (C=O) groups excluding carboxylic acids is 2. The summed E-state index contributed by atoms with van der Waals surface area (Å²) in [6, 6.07) is 18.8. The van der Waals surface area contributed by atoms with E-state index in [1.165, 1.54) is 24.1 Å². The van der Waals surface area contributed by atoms with Crippen molar-refractivity contribution in [3.8, 4) is 17.2 Å². The van der Waals surface area contributed by atoms with Crippen LogP contribution in [0.5, 0.6) is 17.2 Å². The summed E-state index contributed by atoms with van der Waals surface area (Å²) >= 11 is 0. The van der Waals surface area contributed by atoms with E-state index in [4.69, 9.17) is 9.47 Å². The zero-order valence-corrected chi connectivity index (χ0v) is 18.9. The fourth-order valence-electron chi connectivity index (χ4n) is 3.90. The highest BCUT2D eigenvalue weighted by Crippen LogP contribution is 2.42. The van der Waals surface area contributed by atoms with E-state index in [0.29, 0.717) is 34.9 Å². The van der Waals surface area contributed by atoms with Crippen LogP contribution in [0.2, 0.25) is 0 Å². The monoisotopic (exact) mass is 459 g/mol. The third kappa shape index (κ3) is 4.32. The lowest BCUT2D eigenvalue weighted by Crippen LogP contribution is -2.29. The summed E-state index contributed by atoms with van der Waals surface area (Å²) in [6.07, 6.45) is 0.864. The molecule has 7 nitrogen and oxygen atoms in total. The second kappa shape index (κ2) is 9.70. The molecule has 1 atom stereocenters. The smallest absolute Gasteiger partial charge is 0.300 e. The molecule has 1 aliphatic heterocycles. The van der Waals surface area contributed by atoms with Gasteiger partial charge < -0.3 is 19.7 Å². The maximum absolute atomic E-state index is 13.2. The first-order chi connectivity index (χ1) is 16.4. The Balaban J connectivity index is 1.83. The minimum atomic E-state index is -0.884. The van der Waals surface area contributed by atoms with Crippen LogP contribution in [0.15, 0.2) is 78.4 Å². The minimum Gasteiger partial charge on any atom is -0.508 e. The number of ketones is 1. The zero-order chi connectivity index (χ0) is 24.2. The SMILES string of the molecule is CCCOc1ccc(/C(O)=C2\C(=O)C(=O)N(c3ccc(OC)cc3)C2c2ccc(O)cc2)cc1. The highest BCUT2D eigenvalue weighted by Gasteiger charge is 2.47. The van der Waals surface area contributed by atoms with Crippen molar-refractivity contribution in [2.24, 2.45) is 0 Å². The van der Waals surface area contributed by atoms with Crippen molar-refractivity contribution in [3.63, 3.8) is 0 Å². The van der Waals surface area contributed by atoms with Gasteiger partial charge in [0.05, 0.1) is 25.3 Å². The largest absolute Gasteiger partial charge is 0.508 e. The number of ether oxygens (including phenoxy) is 2. The summed E-state index contributed by atoms with van der Waals surface area (Å²) in [4.78, 5) is 27.7. The number of hydrogen-bond acceptors (Lipinski definition) is 6. The minimum absolute atomic E-state index is 0.0336. The lowest BCUT2D eigenvalue weighted by molar-refractivity contribution is -0.132. The van der Waals surface area contributed by atoms with Crippen LogP contribution in [-0.2, 0) is 9.59 Å². The van der Waals surface area contributed by atoms with Crippen LogP contribution in [0.1, 0.15) is 30.5 Å². The average Bonchev–Trinajstić information content (AvgIpc) is 3.13. The Labute approximate surface area is 197 Å². The van der Waals surface area contributed by atoms with Crippen LogP contribution >= 0.6 is 0 Å². The van der Waals surface area contributed by atoms with Gasteiger partial charge in [-0.2, -0.15) is 0 Å². The molecule has 1 amide bonds. The highest BCUT2D eigenvalue weighted by molar-refractivity contribution is 6.51. The molecule has 0 aliphatic carbocycles. The molecule has 1 aliphatic rings. The van der Waals surface area contributed by atoms with E-state index in [0.717, 1.165) is 6.42 Å². The van der Waals surface area contributed by atoms with Crippen molar-refractivity contribution in [2.45, 2.75) is 19.4 Å². The number of carbonyl (C=O) groups is 2. The molecule has 2 N–H and O–H groups in total. The number of benzene rings is 3. The third-order valence-electron chi connectivity index (χ3n) is 5.60. The van der Waals surface area contributed by atoms with Crippen LogP contribution in [0.4, 0.5) is 5.69 Å². The fraction of sp³-hybridized carbons (Fsp3) is 0.185. The number of hydrogen-bond donors (Lipinski definition) is 2. The highest BCUT2D eigenvalue weighted by atomic mass is 16.5. The molecule has 3 aromatic carbocycles. The number of Topliss-reactive ketones (excluding diaryl/α,β-unsaturated/α-hetero) is 1. The molecule has 4 rings (SSSR count). The van der Waals surface area contributed by atoms with Gasteiger partial charge in [-0.05, 0) is 72.6 Å². The van der Waals surface area contributed by atoms with Gasteiger partial charge in [0.2, 0.25) is 0 Å². The number of phenolic OH excluding ortho intramolecular Hbond substituents is 1. The molecule has 1 fully saturated rings. The van der Waals surface area contributed by atoms with Crippen LogP contribution in [0.25, 0.3) is 5.76 Å². The first kappa shape index (κ1) is 22.9. The summed E-state index contributed by atoms with van der Waals surface area (Å²) in [5.41, 5.74) is 1.40. The first-order valence-corrected chi connectivity index (χ1v) is 10.9. The molecule has 174 valence electrons. The Morgan fingerprint density at radius 1 is 0.912 bits per heavy atom. The molecular formula is C27H25NO6. The maximum Gasteiger partial charge on any atom is 0.300 e. The summed E-state index contributed by atoms with van der Waals surface area (Å²) in [7, 11) is 1.54. The summed E-state index contributed by atoms with van der Waals surface area (Å²) in [5, 5.41) is 20.9. The van der Waals surface area contributed by atoms with Crippen molar-refractivity contribution in [1.29, 1.82) is 0 Å². The molecule has 1 unspecified atom stereocenters. The second-order valence-electron chi connectivity index (χ2n) is 7.83. The number of nitrogens with zero attached hydrogens (tertiary/aromatic N) is 1. The number of phenols is 1. The Morgan fingerprint density at radius 2 is 1.53 bits per heavy atom. The quantitative estimate of drug-likeness (QED) is 0.299. The van der Waals surface area contributed by atoms with Crippen LogP contribution < -0.4 is 14.4 Å². The molecule has 3 aromatic rings. The van der Waals surface area contributed by atoms with Crippen molar-refractivity contribution in [1.82, 2.24) is 0 Å². The van der Waals surface area contributed by atoms with Gasteiger partial charge in [0.15, 0.2) is 0 Å². The number of anilines is 1. The summed E-state index contributed by atoms with van der Waals surface area (Å²) in [5.74, 6) is -0.535. The van der Waals surface area contributed by atoms with E-state index < -0.39 is 17.7 Å². The number of amides is 1. The Morgan fingerprint density at radius 3 is 2.12 bits per heavy atom. The van der Waals surface area contributed by atoms with Gasteiger partial charge >= 0.3 is 0 Å². The maximum atomic E-state index is 13.2. The van der Waals surface area contributed by atoms with E-state index >= 15 is 0 Å².